The van der Waals surface area contributed by atoms with Gasteiger partial charge in [-0.2, -0.15) is 0 Å². The van der Waals surface area contributed by atoms with Gasteiger partial charge in [-0.1, -0.05) is 0 Å². The Morgan fingerprint density at radius 2 is 2.05 bits per heavy atom. The van der Waals surface area contributed by atoms with Gasteiger partial charge in [0, 0.05) is 18.9 Å². The van der Waals surface area contributed by atoms with Crippen molar-refractivity contribution in [2.24, 2.45) is 5.73 Å². The highest BCUT2D eigenvalue weighted by molar-refractivity contribution is 7.19. The number of carbonyl (C=O) groups is 2. The summed E-state index contributed by atoms with van der Waals surface area (Å²) < 4.78 is 4.69. The molecule has 0 bridgehead atoms. The Bertz CT molecular complexity index is 670. The number of anilines is 2. The van der Waals surface area contributed by atoms with Gasteiger partial charge < -0.3 is 21.5 Å². The molecule has 8 heteroatoms. The highest BCUT2D eigenvalue weighted by Gasteiger charge is 2.24. The van der Waals surface area contributed by atoms with Crippen LogP contribution in [0.25, 0.3) is 0 Å². The fraction of sp³-hybridized carbons (Fsp3) is 0.154. The lowest BCUT2D eigenvalue weighted by atomic mass is 10.2. The molecule has 2 heterocycles. The van der Waals surface area contributed by atoms with Crippen LogP contribution in [0, 0.1) is 0 Å². The van der Waals surface area contributed by atoms with Crippen LogP contribution in [-0.2, 0) is 11.3 Å². The Balaban J connectivity index is 2.31. The average Bonchev–Trinajstić information content (AvgIpc) is 2.82. The van der Waals surface area contributed by atoms with Gasteiger partial charge in [0.2, 0.25) is 0 Å². The maximum absolute atomic E-state index is 11.8. The number of nitrogens with two attached hydrogens (primary N) is 2. The first kappa shape index (κ1) is 14.8. The summed E-state index contributed by atoms with van der Waals surface area (Å²) in [6.45, 7) is 0.449. The molecule has 5 N–H and O–H groups in total. The molecule has 0 fully saturated rings. The predicted molar refractivity (Wildman–Crippen MR) is 80.2 cm³/mol. The van der Waals surface area contributed by atoms with Gasteiger partial charge >= 0.3 is 5.97 Å². The lowest BCUT2D eigenvalue weighted by Crippen LogP contribution is -2.12. The van der Waals surface area contributed by atoms with Crippen LogP contribution in [0.2, 0.25) is 0 Å². The van der Waals surface area contributed by atoms with E-state index < -0.39 is 11.9 Å². The van der Waals surface area contributed by atoms with Crippen molar-refractivity contribution < 1.29 is 14.3 Å². The molecule has 0 aliphatic carbocycles. The number of amides is 1. The lowest BCUT2D eigenvalue weighted by molar-refractivity contribution is 0.0603. The topological polar surface area (TPSA) is 120 Å². The number of hydrogen-bond donors (Lipinski definition) is 3. The monoisotopic (exact) mass is 306 g/mol. The third-order valence-corrected chi connectivity index (χ3v) is 3.94. The Hall–Kier alpha value is -2.61. The standard InChI is InChI=1S/C13H14N4O3S/c1-20-13(19)8-9(14)10(11(15)18)21-12(8)17-6-7-2-4-16-5-3-7/h2-5,17H,6,14H2,1H3,(H2,15,18). The average molecular weight is 306 g/mol. The Morgan fingerprint density at radius 3 is 2.62 bits per heavy atom. The highest BCUT2D eigenvalue weighted by Crippen LogP contribution is 2.36. The number of rotatable bonds is 5. The van der Waals surface area contributed by atoms with Crippen LogP contribution in [0.15, 0.2) is 24.5 Å². The van der Waals surface area contributed by atoms with Gasteiger partial charge in [0.05, 0.1) is 12.8 Å². The summed E-state index contributed by atoms with van der Waals surface area (Å²) in [5, 5.41) is 3.51. The number of methoxy groups -OCH3 is 1. The number of primary amides is 1. The van der Waals surface area contributed by atoms with E-state index in [2.05, 4.69) is 15.0 Å². The van der Waals surface area contributed by atoms with E-state index >= 15 is 0 Å². The first-order valence-electron chi connectivity index (χ1n) is 5.97. The smallest absolute Gasteiger partial charge is 0.343 e. The summed E-state index contributed by atoms with van der Waals surface area (Å²) >= 11 is 1.03. The number of nitrogens with zero attached hydrogens (tertiary/aromatic N) is 1. The van der Waals surface area contributed by atoms with E-state index in [9.17, 15) is 9.59 Å². The minimum absolute atomic E-state index is 0.0385. The maximum Gasteiger partial charge on any atom is 0.343 e. The number of nitrogens with one attached hydrogen (secondary N) is 1. The molecule has 21 heavy (non-hydrogen) atoms. The first-order valence-corrected chi connectivity index (χ1v) is 6.79. The molecule has 1 amide bonds. The quantitative estimate of drug-likeness (QED) is 0.714. The van der Waals surface area contributed by atoms with Crippen molar-refractivity contribution >= 4 is 33.9 Å². The number of nitrogen functional groups attached to an aromatic ring is 1. The molecule has 0 saturated heterocycles. The molecule has 0 aliphatic heterocycles. The normalized spacial score (nSPS) is 10.1. The molecule has 0 radical (unpaired) electrons. The Labute approximate surface area is 124 Å². The van der Waals surface area contributed by atoms with Crippen LogP contribution >= 0.6 is 11.3 Å². The van der Waals surface area contributed by atoms with E-state index in [0.717, 1.165) is 16.9 Å². The summed E-state index contributed by atoms with van der Waals surface area (Å²) in [5.41, 5.74) is 12.2. The Morgan fingerprint density at radius 1 is 1.38 bits per heavy atom. The fourth-order valence-corrected chi connectivity index (χ4v) is 2.70. The second-order valence-corrected chi connectivity index (χ2v) is 5.13. The number of ether oxygens (including phenoxy) is 1. The van der Waals surface area contributed by atoms with Crippen LogP contribution in [0.5, 0.6) is 0 Å². The highest BCUT2D eigenvalue weighted by atomic mass is 32.1. The van der Waals surface area contributed by atoms with Gasteiger partial charge in [-0.25, -0.2) is 4.79 Å². The van der Waals surface area contributed by atoms with Gasteiger partial charge in [0.25, 0.3) is 5.91 Å². The lowest BCUT2D eigenvalue weighted by Gasteiger charge is -2.06. The van der Waals surface area contributed by atoms with Crippen molar-refractivity contribution in [1.29, 1.82) is 0 Å². The molecule has 0 saturated carbocycles. The zero-order chi connectivity index (χ0) is 15.4. The number of esters is 1. The van der Waals surface area contributed by atoms with E-state index in [4.69, 9.17) is 11.5 Å². The summed E-state index contributed by atoms with van der Waals surface area (Å²) in [6, 6.07) is 3.66. The largest absolute Gasteiger partial charge is 0.465 e. The van der Waals surface area contributed by atoms with Crippen molar-refractivity contribution in [2.75, 3.05) is 18.2 Å². The summed E-state index contributed by atoms with van der Waals surface area (Å²) in [6.07, 6.45) is 3.33. The summed E-state index contributed by atoms with van der Waals surface area (Å²) in [4.78, 5) is 27.2. The predicted octanol–water partition coefficient (Wildman–Crippen LogP) is 1.22. The molecule has 0 atom stereocenters. The zero-order valence-electron chi connectivity index (χ0n) is 11.3. The van der Waals surface area contributed by atoms with Gasteiger partial charge in [0.15, 0.2) is 0 Å². The maximum atomic E-state index is 11.8. The van der Waals surface area contributed by atoms with Crippen LogP contribution in [0.1, 0.15) is 25.6 Å². The van der Waals surface area contributed by atoms with Crippen molar-refractivity contribution in [2.45, 2.75) is 6.54 Å². The molecule has 0 aliphatic rings. The van der Waals surface area contributed by atoms with E-state index in [1.807, 2.05) is 12.1 Å². The molecular formula is C13H14N4O3S. The number of aromatic nitrogens is 1. The van der Waals surface area contributed by atoms with Crippen LogP contribution in [0.4, 0.5) is 10.7 Å². The van der Waals surface area contributed by atoms with E-state index in [1.165, 1.54) is 7.11 Å². The van der Waals surface area contributed by atoms with Crippen LogP contribution < -0.4 is 16.8 Å². The van der Waals surface area contributed by atoms with Gasteiger partial charge in [-0.15, -0.1) is 11.3 Å². The molecule has 0 aromatic carbocycles. The second-order valence-electron chi connectivity index (χ2n) is 4.11. The molecule has 2 aromatic rings. The third kappa shape index (κ3) is 3.11. The molecule has 0 spiro atoms. The number of carbonyl (C=O) groups excluding carboxylic acids is 2. The minimum Gasteiger partial charge on any atom is -0.465 e. The summed E-state index contributed by atoms with van der Waals surface area (Å²) in [5.74, 6) is -1.30. The molecule has 2 rings (SSSR count). The minimum atomic E-state index is -0.681. The van der Waals surface area contributed by atoms with Crippen molar-refractivity contribution in [3.8, 4) is 0 Å². The van der Waals surface area contributed by atoms with Gasteiger partial charge in [0.1, 0.15) is 15.4 Å². The number of thiophene rings is 1. The van der Waals surface area contributed by atoms with Gasteiger partial charge in [-0.05, 0) is 17.7 Å². The summed E-state index contributed by atoms with van der Waals surface area (Å²) in [7, 11) is 1.25. The molecule has 110 valence electrons. The van der Waals surface area contributed by atoms with Crippen molar-refractivity contribution in [3.63, 3.8) is 0 Å². The van der Waals surface area contributed by atoms with E-state index in [-0.39, 0.29) is 16.1 Å². The molecular weight excluding hydrogens is 292 g/mol. The van der Waals surface area contributed by atoms with E-state index in [0.29, 0.717) is 11.5 Å². The molecule has 2 aromatic heterocycles. The molecule has 7 nitrogen and oxygen atoms in total. The van der Waals surface area contributed by atoms with Crippen molar-refractivity contribution in [1.82, 2.24) is 4.98 Å². The fourth-order valence-electron chi connectivity index (χ4n) is 1.74. The van der Waals surface area contributed by atoms with Crippen LogP contribution in [-0.4, -0.2) is 24.0 Å². The zero-order valence-corrected chi connectivity index (χ0v) is 12.1. The first-order chi connectivity index (χ1) is 10.0. The van der Waals surface area contributed by atoms with E-state index in [1.54, 1.807) is 12.4 Å². The molecule has 0 unspecified atom stereocenters. The SMILES string of the molecule is COC(=O)c1c(NCc2ccncc2)sc(C(N)=O)c1N. The third-order valence-electron chi connectivity index (χ3n) is 2.76. The van der Waals surface area contributed by atoms with Gasteiger partial charge in [-0.3, -0.25) is 9.78 Å². The number of pyridine rings is 1. The number of hydrogen-bond acceptors (Lipinski definition) is 7. The Kier molecular flexibility index (Phi) is 4.39. The second kappa shape index (κ2) is 6.23. The van der Waals surface area contributed by atoms with Crippen LogP contribution in [0.3, 0.4) is 0 Å². The van der Waals surface area contributed by atoms with Crippen molar-refractivity contribution in [3.05, 3.63) is 40.5 Å².